The quantitative estimate of drug-likeness (QED) is 0.0337. The van der Waals surface area contributed by atoms with Crippen molar-refractivity contribution in [2.24, 2.45) is 35.1 Å². The maximum absolute atomic E-state index is 14.5. The second kappa shape index (κ2) is 31.6. The Hall–Kier alpha value is -5.98. The van der Waals surface area contributed by atoms with Crippen molar-refractivity contribution in [1.29, 1.82) is 0 Å². The van der Waals surface area contributed by atoms with E-state index >= 15 is 0 Å². The third kappa shape index (κ3) is 20.7. The summed E-state index contributed by atoms with van der Waals surface area (Å²) in [5.41, 5.74) is 12.4. The van der Waals surface area contributed by atoms with Gasteiger partial charge in [-0.25, -0.2) is 9.78 Å². The van der Waals surface area contributed by atoms with E-state index in [-0.39, 0.29) is 86.3 Å². The molecule has 25 heteroatoms. The molecule has 0 unspecified atom stereocenters. The van der Waals surface area contributed by atoms with E-state index in [4.69, 9.17) is 11.5 Å². The number of carbonyl (C=O) groups is 10. The summed E-state index contributed by atoms with van der Waals surface area (Å²) in [6.45, 7) is 16.8. The Bertz CT molecular complexity index is 2200. The Morgan fingerprint density at radius 1 is 0.731 bits per heavy atom. The highest BCUT2D eigenvalue weighted by Crippen LogP contribution is 2.33. The van der Waals surface area contributed by atoms with Gasteiger partial charge in [0.25, 0.3) is 0 Å². The van der Waals surface area contributed by atoms with Crippen LogP contribution in [0.15, 0.2) is 12.5 Å². The first kappa shape index (κ1) is 64.5. The number of rotatable bonds is 33. The van der Waals surface area contributed by atoms with E-state index in [0.29, 0.717) is 49.6 Å². The van der Waals surface area contributed by atoms with Gasteiger partial charge in [0, 0.05) is 48.8 Å². The summed E-state index contributed by atoms with van der Waals surface area (Å²) in [6, 6.07) is -8.31. The number of aromatic amines is 1. The van der Waals surface area contributed by atoms with Crippen molar-refractivity contribution in [3.05, 3.63) is 18.2 Å². The Labute approximate surface area is 463 Å². The van der Waals surface area contributed by atoms with E-state index in [2.05, 4.69) is 57.8 Å². The fraction of sp³-hybridized carbons (Fsp3) is 0.755. The number of carbonyl (C=O) groups excluding carboxylic acids is 10. The zero-order valence-corrected chi connectivity index (χ0v) is 48.0. The molecule has 3 saturated heterocycles. The Kier molecular flexibility index (Phi) is 26.1. The minimum Gasteiger partial charge on any atom is -0.368 e. The summed E-state index contributed by atoms with van der Waals surface area (Å²) in [5.74, 6) is -4.58. The smallest absolute Gasteiger partial charge is 0.315 e. The molecule has 0 spiro atoms. The fourth-order valence-corrected chi connectivity index (χ4v) is 11.5. The second-order valence-corrected chi connectivity index (χ2v) is 24.1. The van der Waals surface area contributed by atoms with E-state index < -0.39 is 95.6 Å². The van der Waals surface area contributed by atoms with E-state index in [1.807, 2.05) is 53.3 Å². The molecule has 78 heavy (non-hydrogen) atoms. The van der Waals surface area contributed by atoms with Crippen LogP contribution in [-0.2, 0) is 49.6 Å². The van der Waals surface area contributed by atoms with E-state index in [1.54, 1.807) is 13.8 Å². The molecule has 4 heterocycles. The van der Waals surface area contributed by atoms with Gasteiger partial charge in [0.15, 0.2) is 0 Å². The van der Waals surface area contributed by atoms with E-state index in [1.165, 1.54) is 24.3 Å². The molecular weight excluding hydrogens is 1020 g/mol. The minimum absolute atomic E-state index is 0.000795. The van der Waals surface area contributed by atoms with Crippen LogP contribution in [0.2, 0.25) is 0 Å². The van der Waals surface area contributed by atoms with Crippen LogP contribution in [0.3, 0.4) is 0 Å². The van der Waals surface area contributed by atoms with Gasteiger partial charge in [-0.15, -0.1) is 0 Å². The molecule has 11 amide bonds. The largest absolute Gasteiger partial charge is 0.368 e. The van der Waals surface area contributed by atoms with Crippen LogP contribution in [0.4, 0.5) is 4.79 Å². The highest BCUT2D eigenvalue weighted by molar-refractivity contribution is 8.00. The van der Waals surface area contributed by atoms with Crippen LogP contribution in [0.25, 0.3) is 0 Å². The topological polar surface area (TPSA) is 363 Å². The van der Waals surface area contributed by atoms with E-state index in [9.17, 15) is 47.9 Å². The first-order valence-electron chi connectivity index (χ1n) is 27.9. The maximum Gasteiger partial charge on any atom is 0.315 e. The number of likely N-dealkylation sites (tertiary alicyclic amines) is 1. The molecule has 11 atom stereocenters. The summed E-state index contributed by atoms with van der Waals surface area (Å²) < 4.78 is 0. The zero-order valence-electron chi connectivity index (χ0n) is 47.2. The average molecular weight is 1120 g/mol. The SMILES string of the molecule is CC(C)C[C@H](NC(=O)[C@H](C)NC(=O)[C@H](CC(C)C)NC(=O)[C@@H]1CCCN1C(=O)[C@H](Cc1cnc[nH]1)NC(=O)[C@@H](NC(=O)[C@@H](N)CC(C)C)C(C)C)C(=O)N[C@@H](CCCCNC(=O)CCCC[C@@H]1SC[C@H]2NC(=O)N[C@@H]12)C(N)=O. The number of thioether (sulfide) groups is 1. The number of amides is 11. The molecule has 14 N–H and O–H groups in total. The number of imidazole rings is 1. The number of urea groups is 1. The normalized spacial score (nSPS) is 20.6. The molecule has 0 bridgehead atoms. The molecule has 4 rings (SSSR count). The van der Waals surface area contributed by atoms with Gasteiger partial charge in [-0.2, -0.15) is 11.8 Å². The van der Waals surface area contributed by atoms with Crippen LogP contribution >= 0.6 is 11.8 Å². The number of nitrogens with two attached hydrogens (primary N) is 2. The second-order valence-electron chi connectivity index (χ2n) is 22.8. The molecule has 0 radical (unpaired) electrons. The van der Waals surface area contributed by atoms with Crippen molar-refractivity contribution in [3.63, 3.8) is 0 Å². The predicted octanol–water partition coefficient (Wildman–Crippen LogP) is 0.491. The van der Waals surface area contributed by atoms with Crippen LogP contribution in [0, 0.1) is 23.7 Å². The number of unbranched alkanes of at least 4 members (excludes halogenated alkanes) is 2. The summed E-state index contributed by atoms with van der Waals surface area (Å²) in [4.78, 5) is 142. The summed E-state index contributed by atoms with van der Waals surface area (Å²) in [6.07, 6.45) is 8.53. The highest BCUT2D eigenvalue weighted by atomic mass is 32.2. The lowest BCUT2D eigenvalue weighted by Gasteiger charge is -2.31. The molecule has 0 aromatic carbocycles. The van der Waals surface area contributed by atoms with Crippen molar-refractivity contribution in [2.45, 2.75) is 211 Å². The van der Waals surface area contributed by atoms with Gasteiger partial charge in [0.2, 0.25) is 53.2 Å². The molecule has 1 aromatic heterocycles. The number of primary amides is 1. The number of hydrogen-bond donors (Lipinski definition) is 12. The van der Waals surface area contributed by atoms with Gasteiger partial charge in [-0.1, -0.05) is 61.8 Å². The van der Waals surface area contributed by atoms with Gasteiger partial charge < -0.3 is 69.2 Å². The Morgan fingerprint density at radius 2 is 1.37 bits per heavy atom. The first-order valence-corrected chi connectivity index (χ1v) is 29.0. The molecule has 438 valence electrons. The van der Waals surface area contributed by atoms with Crippen molar-refractivity contribution < 1.29 is 47.9 Å². The van der Waals surface area contributed by atoms with Crippen molar-refractivity contribution in [2.75, 3.05) is 18.8 Å². The minimum atomic E-state index is -1.18. The molecular formula is C53H90N14O10S. The zero-order chi connectivity index (χ0) is 57.8. The van der Waals surface area contributed by atoms with Crippen molar-refractivity contribution in [3.8, 4) is 0 Å². The third-order valence-electron chi connectivity index (χ3n) is 14.2. The maximum atomic E-state index is 14.5. The summed E-state index contributed by atoms with van der Waals surface area (Å²) in [5, 5.41) is 25.6. The summed E-state index contributed by atoms with van der Waals surface area (Å²) in [7, 11) is 0. The van der Waals surface area contributed by atoms with Gasteiger partial charge in [-0.3, -0.25) is 43.2 Å². The van der Waals surface area contributed by atoms with Gasteiger partial charge in [0.1, 0.15) is 42.3 Å². The standard InChI is InChI=1S/C53H90N14O10S/c1-28(2)21-34(54)47(71)65-43(31(7)8)51(75)63-38(24-33-25-56-27-58-33)52(76)67-20-14-16-40(67)50(74)62-36(22-29(3)4)48(72)59-32(9)46(70)61-37(23-30(5)6)49(73)60-35(45(55)69)15-12-13-19-57-42(68)18-11-10-17-41-44-39(26-78-41)64-53(77)66-44/h25,27-32,34-41,43-44H,10-24,26,54H2,1-9H3,(H2,55,69)(H,56,58)(H,57,68)(H,59,72)(H,60,73)(H,61,70)(H,62,74)(H,63,75)(H,65,71)(H2,64,66,77)/t32-,34-,35-,36-,37-,38-,39+,40-,41-,43-,44+/m0/s1. The van der Waals surface area contributed by atoms with Crippen molar-refractivity contribution >= 4 is 71.0 Å². The monoisotopic (exact) mass is 1110 g/mol. The molecule has 3 fully saturated rings. The Balaban J connectivity index is 1.30. The number of H-pyrrole nitrogens is 1. The molecule has 24 nitrogen and oxygen atoms in total. The van der Waals surface area contributed by atoms with Gasteiger partial charge >= 0.3 is 6.03 Å². The Morgan fingerprint density at radius 3 is 2.00 bits per heavy atom. The van der Waals surface area contributed by atoms with Gasteiger partial charge in [-0.05, 0) is 94.8 Å². The van der Waals surface area contributed by atoms with Crippen LogP contribution < -0.4 is 59.3 Å². The molecule has 3 aliphatic heterocycles. The predicted molar refractivity (Wildman–Crippen MR) is 295 cm³/mol. The lowest BCUT2D eigenvalue weighted by Crippen LogP contribution is -2.60. The number of nitrogens with zero attached hydrogens (tertiary/aromatic N) is 2. The number of hydrogen-bond acceptors (Lipinski definition) is 13. The third-order valence-corrected chi connectivity index (χ3v) is 15.7. The van der Waals surface area contributed by atoms with Crippen molar-refractivity contribution in [1.82, 2.24) is 62.7 Å². The van der Waals surface area contributed by atoms with Gasteiger partial charge in [0.05, 0.1) is 24.5 Å². The first-order chi connectivity index (χ1) is 36.8. The molecule has 0 aliphatic carbocycles. The van der Waals surface area contributed by atoms with Crippen LogP contribution in [0.5, 0.6) is 0 Å². The number of fused-ring (bicyclic) bond motifs is 1. The van der Waals surface area contributed by atoms with E-state index in [0.717, 1.165) is 25.0 Å². The molecule has 1 aromatic rings. The van der Waals surface area contributed by atoms with Crippen LogP contribution in [-0.4, -0.2) is 159 Å². The fourth-order valence-electron chi connectivity index (χ4n) is 9.96. The number of nitrogens with one attached hydrogen (secondary N) is 10. The molecule has 0 saturated carbocycles. The summed E-state index contributed by atoms with van der Waals surface area (Å²) >= 11 is 1.84. The lowest BCUT2D eigenvalue weighted by molar-refractivity contribution is -0.142. The average Bonchev–Trinajstić information content (AvgIpc) is 4.20. The van der Waals surface area contributed by atoms with Crippen LogP contribution in [0.1, 0.15) is 145 Å². The number of aromatic nitrogens is 2. The lowest BCUT2D eigenvalue weighted by atomic mass is 9.99. The molecule has 3 aliphatic rings. The highest BCUT2D eigenvalue weighted by Gasteiger charge is 2.43.